The maximum Gasteiger partial charge on any atom is 0.294 e. The summed E-state index contributed by atoms with van der Waals surface area (Å²) in [5.74, 6) is 5.42. The average Bonchev–Trinajstić information content (AvgIpc) is 1.63. The molecule has 0 radical (unpaired) electrons. The minimum atomic E-state index is -0.849. The van der Waals surface area contributed by atoms with E-state index in [1.165, 1.54) is 28.9 Å². The molecule has 5 N–H and O–H groups in total. The molecule has 0 saturated heterocycles. The largest absolute Gasteiger partial charge is 0.421 e. The Labute approximate surface area is 555 Å². The van der Waals surface area contributed by atoms with Crippen molar-refractivity contribution in [3.8, 4) is 34.0 Å². The Balaban J connectivity index is 0.000000228. The Morgan fingerprint density at radius 3 is 1.53 bits per heavy atom. The first-order valence-corrected chi connectivity index (χ1v) is 31.1. The van der Waals surface area contributed by atoms with Crippen molar-refractivity contribution < 1.29 is 33.3 Å². The van der Waals surface area contributed by atoms with E-state index in [1.54, 1.807) is 32.2 Å². The predicted molar refractivity (Wildman–Crippen MR) is 375 cm³/mol. The monoisotopic (exact) mass is 1300 g/mol. The number of hydrazine groups is 1. The number of para-hydroxylation sites is 2. The van der Waals surface area contributed by atoms with Gasteiger partial charge in [-0.1, -0.05) is 51.3 Å². The van der Waals surface area contributed by atoms with E-state index in [0.717, 1.165) is 90.4 Å². The normalized spacial score (nSPS) is 12.3. The molecule has 27 nitrogen and oxygen atoms in total. The summed E-state index contributed by atoms with van der Waals surface area (Å²) in [6.07, 6.45) is 11.4. The van der Waals surface area contributed by atoms with Gasteiger partial charge in [-0.3, -0.25) is 30.4 Å². The average molecular weight is 1310 g/mol. The van der Waals surface area contributed by atoms with Crippen LogP contribution in [0, 0.1) is 41.0 Å². The molecule has 0 fully saturated rings. The number of amides is 1. The second kappa shape index (κ2) is 32.1. The number of aromatic nitrogens is 8. The smallest absolute Gasteiger partial charge is 0.294 e. The molecule has 95 heavy (non-hydrogen) atoms. The van der Waals surface area contributed by atoms with E-state index >= 15 is 0 Å². The number of hydrogen-bond donors (Lipinski definition) is 4. The summed E-state index contributed by atoms with van der Waals surface area (Å²) in [5.41, 5.74) is 14.5. The van der Waals surface area contributed by atoms with Crippen molar-refractivity contribution >= 4 is 73.7 Å². The van der Waals surface area contributed by atoms with Crippen molar-refractivity contribution in [1.29, 1.82) is 0 Å². The molecule has 11 rings (SSSR count). The third kappa shape index (κ3) is 16.7. The highest BCUT2D eigenvalue weighted by atomic mass is 16.9. The standard InChI is InChI=1S/C30H33N9O3.C28H33N9O3.C8H18O3.2CH4/c1-18-14-25(37(5)13-12-36(3)4)26(39(40)41)15-24(18)32-30-31-16-22(29-35-34-19(2)42-29)27(33-30)23-17-38-11-7-9-20-8-6-10-21(23)28(20)38;1-17-13-23(35(4)12-11-34(2)3)24(37(39)40)14-22(17)31-28-30-15-20(27(38)33-29)25(32-28)21-16-36-10-6-8-18-7-5-9-19(21)26(18)36;1-5-9-8(4,10-6-2)11-7-3;;/h6,8,10,14-17H,7,9,11-13H2,1-5H3,(H,31,32,33);5,7,9,13-16H,6,8,10-12,29H2,1-4H3,(H,33,38)(H,30,31,32);5-7H2,1-4H3;2*1H4. The van der Waals surface area contributed by atoms with E-state index in [2.05, 4.69) is 75.8 Å². The van der Waals surface area contributed by atoms with Crippen LogP contribution in [0.3, 0.4) is 0 Å². The lowest BCUT2D eigenvalue weighted by Crippen LogP contribution is -2.35. The number of hydrogen-bond acceptors (Lipinski definition) is 22. The lowest BCUT2D eigenvalue weighted by Gasteiger charge is -2.27. The number of benzene rings is 4. The molecule has 0 bridgehead atoms. The van der Waals surface area contributed by atoms with Crippen molar-refractivity contribution in [2.24, 2.45) is 5.84 Å². The summed E-state index contributed by atoms with van der Waals surface area (Å²) in [7, 11) is 11.6. The Morgan fingerprint density at radius 2 is 1.11 bits per heavy atom. The summed E-state index contributed by atoms with van der Waals surface area (Å²) in [6, 6.07) is 19.2. The maximum absolute atomic E-state index is 12.7. The van der Waals surface area contributed by atoms with Crippen molar-refractivity contribution in [3.05, 3.63) is 139 Å². The number of nitro benzene ring substituents is 2. The number of carbonyl (C=O) groups is 1. The van der Waals surface area contributed by atoms with Gasteiger partial charge in [0.25, 0.3) is 29.1 Å². The van der Waals surface area contributed by atoms with Gasteiger partial charge in [0.05, 0.1) is 54.8 Å². The SMILES string of the molecule is C.C.CCOC(C)(OCC)OCC.Cc1cc(N(C)CCN(C)C)c([N+](=O)[O-])cc1Nc1ncc(C(=O)NN)c(-c2cn3c4c(cccc24)CCC3)n1.Cc1nnc(-c2cnc(Nc3cc([N+](=O)[O-])c(N(C)CCN(C)C)cc3C)nc2-c2cn3c4c(cccc24)CCC3)o1. The van der Waals surface area contributed by atoms with Gasteiger partial charge >= 0.3 is 0 Å². The highest BCUT2D eigenvalue weighted by Crippen LogP contribution is 2.42. The molecule has 5 aromatic heterocycles. The Hall–Kier alpha value is -9.51. The van der Waals surface area contributed by atoms with E-state index in [4.69, 9.17) is 34.4 Å². The zero-order chi connectivity index (χ0) is 66.8. The van der Waals surface area contributed by atoms with Crippen LogP contribution >= 0.6 is 0 Å². The summed E-state index contributed by atoms with van der Waals surface area (Å²) in [4.78, 5) is 62.5. The van der Waals surface area contributed by atoms with Crippen molar-refractivity contribution in [2.75, 3.05) is 109 Å². The van der Waals surface area contributed by atoms with Gasteiger partial charge in [-0.15, -0.1) is 10.2 Å². The topological polar surface area (TPSA) is 306 Å². The molecule has 9 aromatic rings. The van der Waals surface area contributed by atoms with E-state index in [1.807, 2.05) is 121 Å². The van der Waals surface area contributed by atoms with E-state index in [-0.39, 0.29) is 47.6 Å². The number of nitrogens with one attached hydrogen (secondary N) is 3. The fourth-order valence-corrected chi connectivity index (χ4v) is 11.6. The summed E-state index contributed by atoms with van der Waals surface area (Å²) >= 11 is 0. The number of carbonyl (C=O) groups excluding carboxylic acids is 1. The van der Waals surface area contributed by atoms with Crippen LogP contribution in [0.5, 0.6) is 0 Å². The highest BCUT2D eigenvalue weighted by molar-refractivity contribution is 6.05. The fraction of sp³-hybridized carbons (Fsp3) is 0.426. The van der Waals surface area contributed by atoms with Gasteiger partial charge in [-0.25, -0.2) is 25.8 Å². The number of nitro groups is 2. The van der Waals surface area contributed by atoms with E-state index in [9.17, 15) is 25.0 Å². The Morgan fingerprint density at radius 1 is 0.653 bits per heavy atom. The number of nitrogens with zero attached hydrogens (tertiary/aromatic N) is 14. The molecule has 508 valence electrons. The molecule has 4 aromatic carbocycles. The predicted octanol–water partition coefficient (Wildman–Crippen LogP) is 12.0. The van der Waals surface area contributed by atoms with Crippen LogP contribution in [0.25, 0.3) is 55.8 Å². The Bertz CT molecular complexity index is 4150. The minimum absolute atomic E-state index is 0. The quantitative estimate of drug-likeness (QED) is 0.0144. The molecule has 0 atom stereocenters. The first-order chi connectivity index (χ1) is 44.5. The molecule has 27 heteroatoms. The lowest BCUT2D eigenvalue weighted by atomic mass is 10.0. The van der Waals surface area contributed by atoms with Gasteiger partial charge in [0.2, 0.25) is 17.8 Å². The third-order valence-corrected chi connectivity index (χ3v) is 16.2. The molecule has 2 aliphatic rings. The van der Waals surface area contributed by atoms with Crippen LogP contribution in [-0.4, -0.2) is 159 Å². The first-order valence-electron chi connectivity index (χ1n) is 31.1. The van der Waals surface area contributed by atoms with Crippen LogP contribution in [0.4, 0.5) is 46.0 Å². The maximum atomic E-state index is 12.7. The van der Waals surface area contributed by atoms with Gasteiger partial charge in [-0.05, 0) is 123 Å². The van der Waals surface area contributed by atoms with Crippen molar-refractivity contribution in [1.82, 2.24) is 54.5 Å². The summed E-state index contributed by atoms with van der Waals surface area (Å²) < 4.78 is 26.1. The zero-order valence-electron chi connectivity index (χ0n) is 55.3. The van der Waals surface area contributed by atoms with E-state index in [0.29, 0.717) is 90.3 Å². The summed E-state index contributed by atoms with van der Waals surface area (Å²) in [5, 5.41) is 40.8. The molecular formula is C68H92N18O9. The molecule has 2 aliphatic heterocycles. The van der Waals surface area contributed by atoms with Crippen molar-refractivity contribution in [3.63, 3.8) is 0 Å². The van der Waals surface area contributed by atoms with Crippen LogP contribution in [-0.2, 0) is 40.1 Å². The first kappa shape index (κ1) is 72.9. The molecule has 0 spiro atoms. The fourth-order valence-electron chi connectivity index (χ4n) is 11.6. The van der Waals surface area contributed by atoms with E-state index < -0.39 is 11.9 Å². The minimum Gasteiger partial charge on any atom is -0.421 e. The van der Waals surface area contributed by atoms with Gasteiger partial charge in [0, 0.05) is 146 Å². The number of nitrogen functional groups attached to an aromatic ring is 1. The number of likely N-dealkylation sites (N-methyl/N-ethyl adjacent to an activating group) is 4. The highest BCUT2D eigenvalue weighted by Gasteiger charge is 2.29. The Kier molecular flexibility index (Phi) is 24.6. The van der Waals surface area contributed by atoms with Crippen LogP contribution in [0.1, 0.15) is 93.9 Å². The number of anilines is 6. The second-order valence-corrected chi connectivity index (χ2v) is 23.5. The van der Waals surface area contributed by atoms with Gasteiger partial charge in [0.1, 0.15) is 11.4 Å². The van der Waals surface area contributed by atoms with Gasteiger partial charge < -0.3 is 58.0 Å². The van der Waals surface area contributed by atoms with Gasteiger partial charge in [-0.2, -0.15) is 0 Å². The molecule has 0 saturated carbocycles. The summed E-state index contributed by atoms with van der Waals surface area (Å²) in [6.45, 7) is 19.4. The second-order valence-electron chi connectivity index (χ2n) is 23.5. The number of aryl methyl sites for hydroxylation is 7. The number of nitrogens with two attached hydrogens (primary N) is 1. The molecule has 7 heterocycles. The van der Waals surface area contributed by atoms with Crippen LogP contribution in [0.2, 0.25) is 0 Å². The molecular weight excluding hydrogens is 1210 g/mol. The van der Waals surface area contributed by atoms with Crippen LogP contribution in [0.15, 0.2) is 89.9 Å². The molecule has 0 aliphatic carbocycles. The third-order valence-electron chi connectivity index (χ3n) is 16.2. The number of rotatable bonds is 24. The lowest BCUT2D eigenvalue weighted by molar-refractivity contribution is -0.384. The number of ether oxygens (including phenoxy) is 3. The molecule has 0 unspecified atom stereocenters. The molecule has 1 amide bonds. The zero-order valence-corrected chi connectivity index (χ0v) is 55.3. The van der Waals surface area contributed by atoms with Crippen LogP contribution < -0.4 is 31.7 Å². The van der Waals surface area contributed by atoms with Crippen molar-refractivity contribution in [2.45, 2.75) is 108 Å². The van der Waals surface area contributed by atoms with Gasteiger partial charge in [0.15, 0.2) is 0 Å².